The lowest BCUT2D eigenvalue weighted by Crippen LogP contribution is -2.35. The molecule has 0 atom stereocenters. The van der Waals surface area contributed by atoms with Crippen LogP contribution in [0.5, 0.6) is 5.75 Å². The van der Waals surface area contributed by atoms with Crippen molar-refractivity contribution in [3.8, 4) is 5.75 Å². The Morgan fingerprint density at radius 3 is 2.75 bits per heavy atom. The van der Waals surface area contributed by atoms with E-state index in [9.17, 15) is 9.59 Å². The predicted octanol–water partition coefficient (Wildman–Crippen LogP) is 2.68. The summed E-state index contributed by atoms with van der Waals surface area (Å²) in [5, 5.41) is 19.9. The fourth-order valence-electron chi connectivity index (χ4n) is 3.10. The molecule has 0 aliphatic carbocycles. The molecule has 0 radical (unpaired) electrons. The third-order valence-corrected chi connectivity index (χ3v) is 6.18. The molecule has 5 rings (SSSR count). The van der Waals surface area contributed by atoms with Gasteiger partial charge in [0.1, 0.15) is 17.4 Å². The van der Waals surface area contributed by atoms with Crippen LogP contribution in [0.1, 0.15) is 23.2 Å². The average Bonchev–Trinajstić information content (AvgIpc) is 3.32. The number of benzene rings is 1. The van der Waals surface area contributed by atoms with E-state index in [0.717, 1.165) is 15.6 Å². The molecular formula is C20H15N7O3S2. The van der Waals surface area contributed by atoms with Crippen LogP contribution < -0.4 is 10.3 Å². The van der Waals surface area contributed by atoms with Gasteiger partial charge in [-0.3, -0.25) is 15.0 Å². The molecule has 1 N–H and O–H groups in total. The van der Waals surface area contributed by atoms with Gasteiger partial charge in [-0.1, -0.05) is 23.5 Å². The maximum absolute atomic E-state index is 12.4. The molecule has 0 saturated carbocycles. The third kappa shape index (κ3) is 3.74. The number of ether oxygens (including phenoxy) is 1. The Bertz CT molecular complexity index is 1430. The van der Waals surface area contributed by atoms with Gasteiger partial charge in [-0.05, 0) is 49.4 Å². The zero-order valence-corrected chi connectivity index (χ0v) is 18.5. The second kappa shape index (κ2) is 7.80. The first-order valence-electron chi connectivity index (χ1n) is 9.43. The fourth-order valence-corrected chi connectivity index (χ4v) is 4.60. The second-order valence-electron chi connectivity index (χ2n) is 6.90. The number of carbonyl (C=O) groups excluding carboxylic acids is 1. The first kappa shape index (κ1) is 20.3. The van der Waals surface area contributed by atoms with Gasteiger partial charge in [0.2, 0.25) is 10.1 Å². The van der Waals surface area contributed by atoms with Crippen molar-refractivity contribution < 1.29 is 9.53 Å². The van der Waals surface area contributed by atoms with E-state index < -0.39 is 5.91 Å². The number of carbonyl (C=O) groups is 1. The first-order chi connectivity index (χ1) is 15.4. The van der Waals surface area contributed by atoms with Crippen LogP contribution in [-0.4, -0.2) is 41.6 Å². The van der Waals surface area contributed by atoms with Gasteiger partial charge in [-0.25, -0.2) is 4.98 Å². The number of aryl methyl sites for hydroxylation is 1. The number of hydrogen-bond acceptors (Lipinski definition) is 9. The van der Waals surface area contributed by atoms with Crippen molar-refractivity contribution in [2.24, 2.45) is 10.1 Å². The summed E-state index contributed by atoms with van der Waals surface area (Å²) in [6.45, 7) is 3.75. The van der Waals surface area contributed by atoms with Crippen LogP contribution in [-0.2, 0) is 11.4 Å². The molecule has 160 valence electrons. The summed E-state index contributed by atoms with van der Waals surface area (Å²) in [5.41, 5.74) is 1.15. The number of amides is 1. The van der Waals surface area contributed by atoms with Crippen molar-refractivity contribution in [3.63, 3.8) is 0 Å². The quantitative estimate of drug-likeness (QED) is 0.587. The third-order valence-electron chi connectivity index (χ3n) is 4.53. The summed E-state index contributed by atoms with van der Waals surface area (Å²) in [6, 6.07) is 8.43. The summed E-state index contributed by atoms with van der Waals surface area (Å²) in [6.07, 6.45) is 1.60. The number of nitrogens with one attached hydrogen (secondary N) is 1. The molecule has 0 fully saturated rings. The van der Waals surface area contributed by atoms with Crippen LogP contribution in [0.3, 0.4) is 0 Å². The number of hydrazone groups is 1. The standard InChI is InChI=1S/C20H15N7O3S2/c1-10-24-26-16(28)8-13(22-19(26)31-10)9-30-14-5-3-12(4-6-14)7-15-17(21)27-20(23-18(15)29)32-11(2)25-27/h3-8,21H,9H2,1-2H3/b15-7+,21-17?. The van der Waals surface area contributed by atoms with Gasteiger partial charge in [-0.2, -0.15) is 24.7 Å². The van der Waals surface area contributed by atoms with Crippen molar-refractivity contribution in [2.75, 3.05) is 0 Å². The summed E-state index contributed by atoms with van der Waals surface area (Å²) in [4.78, 5) is 33.4. The average molecular weight is 466 g/mol. The molecule has 1 aromatic carbocycles. The summed E-state index contributed by atoms with van der Waals surface area (Å²) >= 11 is 2.60. The molecule has 2 aromatic heterocycles. The van der Waals surface area contributed by atoms with Crippen molar-refractivity contribution in [2.45, 2.75) is 20.5 Å². The Balaban J connectivity index is 1.31. The Labute approximate surface area is 189 Å². The lowest BCUT2D eigenvalue weighted by Gasteiger charge is -2.20. The van der Waals surface area contributed by atoms with Gasteiger partial charge in [0.05, 0.1) is 16.3 Å². The van der Waals surface area contributed by atoms with Crippen molar-refractivity contribution in [1.29, 1.82) is 5.41 Å². The van der Waals surface area contributed by atoms with Gasteiger partial charge in [0.25, 0.3) is 11.5 Å². The van der Waals surface area contributed by atoms with Crippen molar-refractivity contribution >= 4 is 56.1 Å². The largest absolute Gasteiger partial charge is 0.487 e. The van der Waals surface area contributed by atoms with Crippen LogP contribution in [0.2, 0.25) is 0 Å². The van der Waals surface area contributed by atoms with Gasteiger partial charge in [0, 0.05) is 6.07 Å². The Kier molecular flexibility index (Phi) is 4.94. The molecule has 3 aromatic rings. The van der Waals surface area contributed by atoms with E-state index in [4.69, 9.17) is 10.1 Å². The highest BCUT2D eigenvalue weighted by atomic mass is 32.2. The fraction of sp³-hybridized carbons (Fsp3) is 0.150. The molecule has 32 heavy (non-hydrogen) atoms. The molecule has 1 amide bonds. The lowest BCUT2D eigenvalue weighted by atomic mass is 10.1. The number of aliphatic imine (C=N–C) groups is 1. The number of rotatable bonds is 4. The van der Waals surface area contributed by atoms with Crippen molar-refractivity contribution in [3.05, 3.63) is 62.5 Å². The van der Waals surface area contributed by atoms with Crippen LogP contribution in [0.25, 0.3) is 11.0 Å². The maximum atomic E-state index is 12.4. The van der Waals surface area contributed by atoms with Gasteiger partial charge in [0.15, 0.2) is 5.84 Å². The zero-order valence-electron chi connectivity index (χ0n) is 16.9. The number of hydrogen-bond donors (Lipinski definition) is 1. The minimum absolute atomic E-state index is 0.00395. The van der Waals surface area contributed by atoms with E-state index in [1.807, 2.05) is 6.92 Å². The van der Waals surface area contributed by atoms with Gasteiger partial charge >= 0.3 is 0 Å². The van der Waals surface area contributed by atoms with Crippen LogP contribution >= 0.6 is 23.1 Å². The van der Waals surface area contributed by atoms with Crippen LogP contribution in [0.15, 0.2) is 50.8 Å². The molecule has 2 aliphatic rings. The van der Waals surface area contributed by atoms with E-state index in [1.165, 1.54) is 38.7 Å². The number of nitrogens with zero attached hydrogens (tertiary/aromatic N) is 6. The Morgan fingerprint density at radius 2 is 1.97 bits per heavy atom. The number of aromatic nitrogens is 3. The molecule has 0 bridgehead atoms. The van der Waals surface area contributed by atoms with E-state index in [-0.39, 0.29) is 23.6 Å². The summed E-state index contributed by atoms with van der Waals surface area (Å²) in [5.74, 6) is 0.108. The van der Waals surface area contributed by atoms with Gasteiger partial charge < -0.3 is 4.74 Å². The molecule has 0 spiro atoms. The highest BCUT2D eigenvalue weighted by Crippen LogP contribution is 2.28. The first-order valence-corrected chi connectivity index (χ1v) is 11.1. The van der Waals surface area contributed by atoms with E-state index in [0.29, 0.717) is 21.6 Å². The van der Waals surface area contributed by atoms with E-state index in [2.05, 4.69) is 20.2 Å². The molecule has 4 heterocycles. The number of fused-ring (bicyclic) bond motifs is 2. The molecule has 0 unspecified atom stereocenters. The van der Waals surface area contributed by atoms with Crippen molar-refractivity contribution in [1.82, 2.24) is 19.6 Å². The number of amidine groups is 2. The highest BCUT2D eigenvalue weighted by Gasteiger charge is 2.34. The van der Waals surface area contributed by atoms with E-state index >= 15 is 0 Å². The predicted molar refractivity (Wildman–Crippen MR) is 123 cm³/mol. The van der Waals surface area contributed by atoms with Gasteiger partial charge in [-0.15, -0.1) is 0 Å². The topological polar surface area (TPSA) is 125 Å². The molecule has 2 aliphatic heterocycles. The highest BCUT2D eigenvalue weighted by molar-refractivity contribution is 8.26. The smallest absolute Gasteiger partial charge is 0.283 e. The minimum Gasteiger partial charge on any atom is -0.487 e. The molecular weight excluding hydrogens is 450 g/mol. The Hall–Kier alpha value is -3.64. The summed E-state index contributed by atoms with van der Waals surface area (Å²) < 4.78 is 7.03. The SMILES string of the molecule is CC1=NN2C(=N)/C(=C\c3ccc(OCc4cc(=O)n5nc(C)sc5n4)cc3)C(=O)N=C2S1. The second-order valence-corrected chi connectivity index (χ2v) is 9.22. The molecule has 12 heteroatoms. The zero-order chi connectivity index (χ0) is 22.4. The lowest BCUT2D eigenvalue weighted by molar-refractivity contribution is -0.114. The Morgan fingerprint density at radius 1 is 1.19 bits per heavy atom. The monoisotopic (exact) mass is 465 g/mol. The minimum atomic E-state index is -0.468. The van der Waals surface area contributed by atoms with Crippen LogP contribution in [0, 0.1) is 12.3 Å². The normalized spacial score (nSPS) is 17.1. The molecule has 0 saturated heterocycles. The maximum Gasteiger partial charge on any atom is 0.283 e. The van der Waals surface area contributed by atoms with E-state index in [1.54, 1.807) is 37.3 Å². The summed E-state index contributed by atoms with van der Waals surface area (Å²) in [7, 11) is 0. The van der Waals surface area contributed by atoms with Crippen LogP contribution in [0.4, 0.5) is 0 Å². The number of thioether (sulfide) groups is 1. The molecule has 10 nitrogen and oxygen atoms in total.